The quantitative estimate of drug-likeness (QED) is 0.138. The summed E-state index contributed by atoms with van der Waals surface area (Å²) in [5.41, 5.74) is 6.98. The zero-order chi connectivity index (χ0) is 26.9. The van der Waals surface area contributed by atoms with Gasteiger partial charge in [-0.3, -0.25) is 4.79 Å². The van der Waals surface area contributed by atoms with Gasteiger partial charge in [0.15, 0.2) is 0 Å². The van der Waals surface area contributed by atoms with Gasteiger partial charge in [-0.25, -0.2) is 9.67 Å². The molecule has 1 unspecified atom stereocenters. The molecule has 2 aromatic carbocycles. The number of rotatable bonds is 12. The van der Waals surface area contributed by atoms with Gasteiger partial charge in [0.25, 0.3) is 0 Å². The molecular weight excluding hydrogens is 506 g/mol. The van der Waals surface area contributed by atoms with Crippen LogP contribution in [-0.4, -0.2) is 44.3 Å². The van der Waals surface area contributed by atoms with Crippen LogP contribution in [0.2, 0.25) is 0 Å². The molecular formula is C31H38N5O2S+. The minimum Gasteiger partial charge on any atom is -0.354 e. The third-order valence-electron chi connectivity index (χ3n) is 8.20. The van der Waals surface area contributed by atoms with E-state index in [9.17, 15) is 4.79 Å². The zero-order valence-electron chi connectivity index (χ0n) is 23.0. The zero-order valence-corrected chi connectivity index (χ0v) is 23.9. The van der Waals surface area contributed by atoms with Gasteiger partial charge >= 0.3 is 0 Å². The van der Waals surface area contributed by atoms with E-state index in [0.29, 0.717) is 24.5 Å². The number of aromatic nitrogens is 4. The smallest absolute Gasteiger partial charge is 0.235 e. The van der Waals surface area contributed by atoms with E-state index >= 15 is 0 Å². The second-order valence-electron chi connectivity index (χ2n) is 11.1. The number of hydrogen-bond donors (Lipinski definition) is 2. The van der Waals surface area contributed by atoms with Gasteiger partial charge in [0.05, 0.1) is 35.5 Å². The first-order valence-electron chi connectivity index (χ1n) is 14.1. The van der Waals surface area contributed by atoms with Crippen LogP contribution in [0.25, 0.3) is 22.2 Å². The molecule has 0 aliphatic heterocycles. The molecule has 4 aromatic rings. The van der Waals surface area contributed by atoms with Gasteiger partial charge in [-0.15, -0.1) is 0 Å². The van der Waals surface area contributed by atoms with Crippen molar-refractivity contribution in [3.8, 4) is 11.1 Å². The molecule has 0 spiro atoms. The summed E-state index contributed by atoms with van der Waals surface area (Å²) < 4.78 is 7.72. The van der Waals surface area contributed by atoms with E-state index in [1.165, 1.54) is 37.4 Å². The number of thiol groups is 1. The Morgan fingerprint density at radius 3 is 2.49 bits per heavy atom. The highest BCUT2D eigenvalue weighted by molar-refractivity contribution is 7.77. The number of amides is 1. The van der Waals surface area contributed by atoms with E-state index < -0.39 is 0 Å². The monoisotopic (exact) mass is 544 g/mol. The molecule has 2 aliphatic rings. The molecule has 204 valence electrons. The Hall–Kier alpha value is -3.10. The third kappa shape index (κ3) is 5.63. The maximum absolute atomic E-state index is 13.9. The van der Waals surface area contributed by atoms with E-state index in [-0.39, 0.29) is 11.8 Å². The van der Waals surface area contributed by atoms with Crippen LogP contribution in [0.3, 0.4) is 0 Å². The van der Waals surface area contributed by atoms with E-state index in [2.05, 4.69) is 35.6 Å². The molecule has 7 nitrogen and oxygen atoms in total. The number of imidazole rings is 1. The van der Waals surface area contributed by atoms with Crippen molar-refractivity contribution in [3.63, 3.8) is 0 Å². The molecule has 2 fully saturated rings. The summed E-state index contributed by atoms with van der Waals surface area (Å²) in [5, 5.41) is 7.95. The molecule has 0 radical (unpaired) electrons. The van der Waals surface area contributed by atoms with Gasteiger partial charge < -0.3 is 15.0 Å². The van der Waals surface area contributed by atoms with Gasteiger partial charge in [0.2, 0.25) is 5.91 Å². The molecule has 8 heteroatoms. The number of H-pyrrole nitrogens is 1. The molecule has 2 saturated carbocycles. The first-order chi connectivity index (χ1) is 19.0. The van der Waals surface area contributed by atoms with Crippen LogP contribution in [0, 0.1) is 31.6 Å². The molecule has 6 rings (SSSR count). The van der Waals surface area contributed by atoms with E-state index in [1.807, 2.05) is 48.0 Å². The van der Waals surface area contributed by atoms with Crippen molar-refractivity contribution >= 4 is 34.4 Å². The molecule has 1 atom stereocenters. The summed E-state index contributed by atoms with van der Waals surface area (Å²) >= 11 is 1.34. The SMILES string of the molecule is C[SH+]CCOCn1nc(C)c(-c2ccc(NC(=O)C(c3nc4ccccc4[nH]3)C(C3CC3)C3CC3)cc2)c1C. The van der Waals surface area contributed by atoms with Crippen LogP contribution in [0.15, 0.2) is 48.5 Å². The summed E-state index contributed by atoms with van der Waals surface area (Å²) in [6.07, 6.45) is 7.00. The Balaban J connectivity index is 1.22. The minimum atomic E-state index is -0.271. The lowest BCUT2D eigenvalue weighted by atomic mass is 9.82. The number of anilines is 1. The summed E-state index contributed by atoms with van der Waals surface area (Å²) in [7, 11) is 0. The van der Waals surface area contributed by atoms with Crippen LogP contribution in [0.5, 0.6) is 0 Å². The number of carbonyl (C=O) groups is 1. The fraction of sp³-hybridized carbons (Fsp3) is 0.452. The lowest BCUT2D eigenvalue weighted by Crippen LogP contribution is -2.31. The molecule has 1 amide bonds. The number of para-hydroxylation sites is 2. The summed E-state index contributed by atoms with van der Waals surface area (Å²) in [5.74, 6) is 3.18. The fourth-order valence-electron chi connectivity index (χ4n) is 5.98. The molecule has 2 heterocycles. The van der Waals surface area contributed by atoms with Crippen LogP contribution in [0.1, 0.15) is 48.8 Å². The van der Waals surface area contributed by atoms with Gasteiger partial charge in [-0.05, 0) is 98.9 Å². The lowest BCUT2D eigenvalue weighted by molar-refractivity contribution is -0.119. The van der Waals surface area contributed by atoms with Gasteiger partial charge in [-0.2, -0.15) is 5.10 Å². The van der Waals surface area contributed by atoms with Crippen molar-refractivity contribution in [2.45, 2.75) is 52.2 Å². The van der Waals surface area contributed by atoms with Crippen molar-refractivity contribution in [2.24, 2.45) is 17.8 Å². The molecule has 0 bridgehead atoms. The molecule has 2 aromatic heterocycles. The lowest BCUT2D eigenvalue weighted by Gasteiger charge is -2.25. The number of benzene rings is 2. The van der Waals surface area contributed by atoms with Crippen LogP contribution in [0.4, 0.5) is 5.69 Å². The van der Waals surface area contributed by atoms with Crippen LogP contribution in [-0.2, 0) is 28.0 Å². The Bertz CT molecular complexity index is 1410. The summed E-state index contributed by atoms with van der Waals surface area (Å²) in [6.45, 7) is 5.31. The minimum absolute atomic E-state index is 0.0365. The van der Waals surface area contributed by atoms with Crippen molar-refractivity contribution in [2.75, 3.05) is 23.9 Å². The number of aromatic amines is 1. The highest BCUT2D eigenvalue weighted by atomic mass is 32.2. The Morgan fingerprint density at radius 1 is 1.10 bits per heavy atom. The standard InChI is InChI=1S/C31H37N5O2S/c1-19-27(20(2)36(35-19)18-38-16-17-39-3)21-12-14-24(15-13-21)32-31(37)29(28(22-8-9-22)23-10-11-23)30-33-25-6-4-5-7-26(25)34-30/h4-7,12-15,22-23,28-29H,8-11,16-18H2,1-3H3,(H,32,37)(H,33,34)/p+1. The van der Waals surface area contributed by atoms with Crippen molar-refractivity contribution in [1.82, 2.24) is 19.7 Å². The number of nitrogens with one attached hydrogen (secondary N) is 2. The number of carbonyl (C=O) groups excluding carboxylic acids is 1. The number of ether oxygens (including phenoxy) is 1. The topological polar surface area (TPSA) is 84.8 Å². The predicted molar refractivity (Wildman–Crippen MR) is 159 cm³/mol. The average Bonchev–Trinajstić information content (AvgIpc) is 3.87. The fourth-order valence-corrected chi connectivity index (χ4v) is 6.29. The van der Waals surface area contributed by atoms with Gasteiger partial charge in [0, 0.05) is 16.9 Å². The first kappa shape index (κ1) is 26.1. The molecule has 39 heavy (non-hydrogen) atoms. The van der Waals surface area contributed by atoms with Crippen molar-refractivity contribution in [1.29, 1.82) is 0 Å². The maximum atomic E-state index is 13.9. The molecule has 2 aliphatic carbocycles. The first-order valence-corrected chi connectivity index (χ1v) is 15.6. The summed E-state index contributed by atoms with van der Waals surface area (Å²) in [4.78, 5) is 22.3. The average molecular weight is 545 g/mol. The van der Waals surface area contributed by atoms with Crippen LogP contribution < -0.4 is 5.32 Å². The predicted octanol–water partition coefficient (Wildman–Crippen LogP) is 5.62. The van der Waals surface area contributed by atoms with Gasteiger partial charge in [0.1, 0.15) is 18.3 Å². The number of nitrogens with zero attached hydrogens (tertiary/aromatic N) is 3. The Kier molecular flexibility index (Phi) is 7.49. The molecule has 2 N–H and O–H groups in total. The highest BCUT2D eigenvalue weighted by Gasteiger charge is 2.49. The molecule has 0 saturated heterocycles. The van der Waals surface area contributed by atoms with E-state index in [0.717, 1.165) is 57.4 Å². The van der Waals surface area contributed by atoms with Gasteiger partial charge in [-0.1, -0.05) is 24.3 Å². The third-order valence-corrected chi connectivity index (χ3v) is 8.83. The number of fused-ring (bicyclic) bond motifs is 1. The second kappa shape index (κ2) is 11.2. The van der Waals surface area contributed by atoms with E-state index in [4.69, 9.17) is 14.8 Å². The number of aryl methyl sites for hydroxylation is 1. The van der Waals surface area contributed by atoms with Crippen molar-refractivity contribution in [3.05, 3.63) is 65.7 Å². The normalized spacial score (nSPS) is 16.2. The van der Waals surface area contributed by atoms with Crippen LogP contribution >= 0.6 is 0 Å². The Labute approximate surface area is 234 Å². The largest absolute Gasteiger partial charge is 0.354 e. The second-order valence-corrected chi connectivity index (χ2v) is 12.1. The maximum Gasteiger partial charge on any atom is 0.235 e. The highest BCUT2D eigenvalue weighted by Crippen LogP contribution is 2.54. The Morgan fingerprint density at radius 2 is 1.82 bits per heavy atom. The van der Waals surface area contributed by atoms with Crippen molar-refractivity contribution < 1.29 is 9.53 Å². The van der Waals surface area contributed by atoms with E-state index in [1.54, 1.807) is 0 Å². The summed E-state index contributed by atoms with van der Waals surface area (Å²) in [6, 6.07) is 16.2. The number of hydrogen-bond acceptors (Lipinski definition) is 4.